The van der Waals surface area contributed by atoms with Crippen LogP contribution in [0.1, 0.15) is 38.5 Å². The Kier molecular flexibility index (Phi) is 7.90. The molecule has 1 aliphatic carbocycles. The van der Waals surface area contributed by atoms with Crippen LogP contribution in [0.3, 0.4) is 0 Å². The maximum Gasteiger partial charge on any atom is 0.323 e. The van der Waals surface area contributed by atoms with Crippen LogP contribution in [-0.4, -0.2) is 66.2 Å². The summed E-state index contributed by atoms with van der Waals surface area (Å²) in [5, 5.41) is 3.13. The standard InChI is InChI=1S/C26H34N6O2/c1-31(2)14-7-15-34-25-13-11-20(17-28-25)19-10-12-22-23(16-19)30-24(18-27-22)32(3)26(33)29-21-8-5-4-6-9-21/h10-13,16-18,21H,4-9,14-15H2,1-3H3,(H,29,33). The minimum Gasteiger partial charge on any atom is -0.478 e. The van der Waals surface area contributed by atoms with Gasteiger partial charge in [-0.25, -0.2) is 14.8 Å². The summed E-state index contributed by atoms with van der Waals surface area (Å²) in [6.07, 6.45) is 10.1. The van der Waals surface area contributed by atoms with Crippen LogP contribution in [0.4, 0.5) is 10.6 Å². The minimum absolute atomic E-state index is 0.137. The van der Waals surface area contributed by atoms with Crippen molar-refractivity contribution >= 4 is 22.9 Å². The molecule has 2 amide bonds. The fourth-order valence-corrected chi connectivity index (χ4v) is 4.16. The summed E-state index contributed by atoms with van der Waals surface area (Å²) >= 11 is 0. The van der Waals surface area contributed by atoms with Crippen LogP contribution in [0.25, 0.3) is 22.2 Å². The minimum atomic E-state index is -0.137. The van der Waals surface area contributed by atoms with Gasteiger partial charge in [0, 0.05) is 37.5 Å². The summed E-state index contributed by atoms with van der Waals surface area (Å²) < 4.78 is 5.73. The average Bonchev–Trinajstić information content (AvgIpc) is 2.86. The van der Waals surface area contributed by atoms with Gasteiger partial charge in [0.2, 0.25) is 5.88 Å². The SMILES string of the molecule is CN(C)CCCOc1ccc(-c2ccc3ncc(N(C)C(=O)NC4CCCCC4)nc3c2)cn1. The van der Waals surface area contributed by atoms with Gasteiger partial charge in [0.05, 0.1) is 23.8 Å². The number of anilines is 1. The highest BCUT2D eigenvalue weighted by molar-refractivity contribution is 5.92. The van der Waals surface area contributed by atoms with E-state index in [9.17, 15) is 4.79 Å². The van der Waals surface area contributed by atoms with Crippen molar-refractivity contribution in [1.82, 2.24) is 25.2 Å². The van der Waals surface area contributed by atoms with Gasteiger partial charge >= 0.3 is 6.03 Å². The number of nitrogens with zero attached hydrogens (tertiary/aromatic N) is 5. The Bertz CT molecular complexity index is 1100. The second kappa shape index (κ2) is 11.2. The number of rotatable bonds is 8. The topological polar surface area (TPSA) is 83.5 Å². The number of hydrogen-bond acceptors (Lipinski definition) is 6. The van der Waals surface area contributed by atoms with Crippen molar-refractivity contribution in [3.05, 3.63) is 42.7 Å². The van der Waals surface area contributed by atoms with E-state index in [0.717, 1.165) is 48.0 Å². The van der Waals surface area contributed by atoms with E-state index in [4.69, 9.17) is 9.72 Å². The fourth-order valence-electron chi connectivity index (χ4n) is 4.16. The molecule has 2 heterocycles. The quantitative estimate of drug-likeness (QED) is 0.496. The number of ether oxygens (including phenoxy) is 1. The Morgan fingerprint density at radius 1 is 1.00 bits per heavy atom. The summed E-state index contributed by atoms with van der Waals surface area (Å²) in [5.74, 6) is 1.15. The van der Waals surface area contributed by atoms with Gasteiger partial charge in [-0.3, -0.25) is 9.88 Å². The van der Waals surface area contributed by atoms with Crippen LogP contribution < -0.4 is 15.0 Å². The van der Waals surface area contributed by atoms with Gasteiger partial charge in [-0.05, 0) is 57.1 Å². The van der Waals surface area contributed by atoms with E-state index in [-0.39, 0.29) is 12.1 Å². The maximum absolute atomic E-state index is 12.7. The Morgan fingerprint density at radius 2 is 1.79 bits per heavy atom. The number of benzene rings is 1. The molecule has 0 aliphatic heterocycles. The molecule has 0 spiro atoms. The number of carbonyl (C=O) groups excluding carboxylic acids is 1. The third kappa shape index (κ3) is 6.20. The van der Waals surface area contributed by atoms with Crippen LogP contribution in [-0.2, 0) is 0 Å². The van der Waals surface area contributed by atoms with Crippen molar-refractivity contribution in [2.75, 3.05) is 39.2 Å². The zero-order valence-corrected chi connectivity index (χ0v) is 20.3. The molecule has 1 aliphatic rings. The maximum atomic E-state index is 12.7. The van der Waals surface area contributed by atoms with Crippen LogP contribution >= 0.6 is 0 Å². The molecule has 4 rings (SSSR count). The van der Waals surface area contributed by atoms with Crippen molar-refractivity contribution in [1.29, 1.82) is 0 Å². The molecule has 8 heteroatoms. The van der Waals surface area contributed by atoms with Gasteiger partial charge in [-0.2, -0.15) is 0 Å². The summed E-state index contributed by atoms with van der Waals surface area (Å²) in [6.45, 7) is 1.62. The molecule has 34 heavy (non-hydrogen) atoms. The van der Waals surface area contributed by atoms with Gasteiger partial charge < -0.3 is 15.0 Å². The second-order valence-electron chi connectivity index (χ2n) is 9.17. The lowest BCUT2D eigenvalue weighted by atomic mass is 9.96. The van der Waals surface area contributed by atoms with E-state index in [1.807, 2.05) is 50.6 Å². The van der Waals surface area contributed by atoms with Crippen LogP contribution in [0, 0.1) is 0 Å². The van der Waals surface area contributed by atoms with E-state index >= 15 is 0 Å². The first-order valence-corrected chi connectivity index (χ1v) is 12.0. The molecule has 1 aromatic carbocycles. The molecular formula is C26H34N6O2. The lowest BCUT2D eigenvalue weighted by Crippen LogP contribution is -2.44. The van der Waals surface area contributed by atoms with E-state index in [1.165, 1.54) is 24.2 Å². The molecule has 0 radical (unpaired) electrons. The summed E-state index contributed by atoms with van der Waals surface area (Å²) in [4.78, 5) is 30.1. The second-order valence-corrected chi connectivity index (χ2v) is 9.17. The van der Waals surface area contributed by atoms with Gasteiger partial charge in [-0.1, -0.05) is 25.3 Å². The number of fused-ring (bicyclic) bond motifs is 1. The number of carbonyl (C=O) groups is 1. The molecule has 1 saturated carbocycles. The van der Waals surface area contributed by atoms with Crippen LogP contribution in [0.2, 0.25) is 0 Å². The van der Waals surface area contributed by atoms with Crippen molar-refractivity contribution in [3.8, 4) is 17.0 Å². The highest BCUT2D eigenvalue weighted by Crippen LogP contribution is 2.25. The van der Waals surface area contributed by atoms with Gasteiger partial charge in [-0.15, -0.1) is 0 Å². The lowest BCUT2D eigenvalue weighted by Gasteiger charge is -2.25. The van der Waals surface area contributed by atoms with Crippen molar-refractivity contribution in [2.45, 2.75) is 44.6 Å². The Balaban J connectivity index is 1.44. The number of nitrogens with one attached hydrogen (secondary N) is 1. The number of amides is 2. The van der Waals surface area contributed by atoms with Crippen molar-refractivity contribution < 1.29 is 9.53 Å². The molecule has 180 valence electrons. The molecule has 1 N–H and O–H groups in total. The molecular weight excluding hydrogens is 428 g/mol. The molecule has 0 bridgehead atoms. The van der Waals surface area contributed by atoms with E-state index < -0.39 is 0 Å². The van der Waals surface area contributed by atoms with Crippen molar-refractivity contribution in [2.24, 2.45) is 0 Å². The first-order chi connectivity index (χ1) is 16.5. The smallest absolute Gasteiger partial charge is 0.323 e. The lowest BCUT2D eigenvalue weighted by molar-refractivity contribution is 0.239. The number of aromatic nitrogens is 3. The Hall–Kier alpha value is -3.26. The predicted octanol–water partition coefficient (Wildman–Crippen LogP) is 4.50. The van der Waals surface area contributed by atoms with Crippen LogP contribution in [0.5, 0.6) is 5.88 Å². The highest BCUT2D eigenvalue weighted by Gasteiger charge is 2.19. The third-order valence-corrected chi connectivity index (χ3v) is 6.18. The molecule has 0 atom stereocenters. The van der Waals surface area contributed by atoms with Gasteiger partial charge in [0.15, 0.2) is 5.82 Å². The average molecular weight is 463 g/mol. The van der Waals surface area contributed by atoms with Gasteiger partial charge in [0.1, 0.15) is 0 Å². The van der Waals surface area contributed by atoms with Crippen molar-refractivity contribution in [3.63, 3.8) is 0 Å². The number of urea groups is 1. The normalized spacial score (nSPS) is 14.4. The molecule has 0 unspecified atom stereocenters. The number of hydrogen-bond donors (Lipinski definition) is 1. The van der Waals surface area contributed by atoms with Crippen LogP contribution in [0.15, 0.2) is 42.7 Å². The number of pyridine rings is 1. The Morgan fingerprint density at radius 3 is 2.53 bits per heavy atom. The zero-order valence-electron chi connectivity index (χ0n) is 20.3. The summed E-state index contributed by atoms with van der Waals surface area (Å²) in [5.41, 5.74) is 3.47. The van der Waals surface area contributed by atoms with E-state index in [0.29, 0.717) is 18.3 Å². The fraction of sp³-hybridized carbons (Fsp3) is 0.462. The zero-order chi connectivity index (χ0) is 23.9. The molecule has 2 aromatic heterocycles. The highest BCUT2D eigenvalue weighted by atomic mass is 16.5. The first kappa shape index (κ1) is 23.9. The Labute approximate surface area is 201 Å². The molecule has 3 aromatic rings. The first-order valence-electron chi connectivity index (χ1n) is 12.0. The molecule has 1 fully saturated rings. The monoisotopic (exact) mass is 462 g/mol. The summed E-state index contributed by atoms with van der Waals surface area (Å²) in [6, 6.07) is 9.92. The molecule has 8 nitrogen and oxygen atoms in total. The van der Waals surface area contributed by atoms with E-state index in [2.05, 4.69) is 20.2 Å². The predicted molar refractivity (Wildman–Crippen MR) is 135 cm³/mol. The van der Waals surface area contributed by atoms with E-state index in [1.54, 1.807) is 13.2 Å². The molecule has 0 saturated heterocycles. The third-order valence-electron chi connectivity index (χ3n) is 6.18. The largest absolute Gasteiger partial charge is 0.478 e. The summed E-state index contributed by atoms with van der Waals surface area (Å²) in [7, 11) is 5.83. The van der Waals surface area contributed by atoms with Gasteiger partial charge in [0.25, 0.3) is 0 Å².